The predicted octanol–water partition coefficient (Wildman–Crippen LogP) is 4.89. The van der Waals surface area contributed by atoms with E-state index >= 15 is 0 Å². The third-order valence-corrected chi connectivity index (χ3v) is 4.38. The number of amides is 1. The van der Waals surface area contributed by atoms with E-state index in [4.69, 9.17) is 0 Å². The average molecular weight is 346 g/mol. The summed E-state index contributed by atoms with van der Waals surface area (Å²) in [5.41, 5.74) is 1.87. The Labute approximate surface area is 134 Å². The predicted molar refractivity (Wildman–Crippen MR) is 90.2 cm³/mol. The lowest BCUT2D eigenvalue weighted by Gasteiger charge is -2.29. The molecule has 110 valence electrons. The van der Waals surface area contributed by atoms with Gasteiger partial charge < -0.3 is 4.90 Å². The van der Waals surface area contributed by atoms with Gasteiger partial charge in [0.2, 0.25) is 0 Å². The molecule has 0 N–H and O–H groups in total. The van der Waals surface area contributed by atoms with Gasteiger partial charge in [0.15, 0.2) is 0 Å². The monoisotopic (exact) mass is 345 g/mol. The van der Waals surface area contributed by atoms with Crippen molar-refractivity contribution in [3.63, 3.8) is 0 Å². The van der Waals surface area contributed by atoms with Crippen LogP contribution in [0.5, 0.6) is 0 Å². The first-order valence-corrected chi connectivity index (χ1v) is 8.02. The molecule has 0 heterocycles. The minimum atomic E-state index is 0.0701. The van der Waals surface area contributed by atoms with Crippen LogP contribution in [0.3, 0.4) is 0 Å². The van der Waals surface area contributed by atoms with Gasteiger partial charge in [-0.2, -0.15) is 0 Å². The van der Waals surface area contributed by atoms with Gasteiger partial charge in [-0.25, -0.2) is 0 Å². The number of carbonyl (C=O) groups excluding carboxylic acids is 1. The highest BCUT2D eigenvalue weighted by atomic mass is 79.9. The van der Waals surface area contributed by atoms with Crippen LogP contribution >= 0.6 is 15.9 Å². The minimum Gasteiger partial charge on any atom is -0.332 e. The van der Waals surface area contributed by atoms with E-state index in [0.717, 1.165) is 16.5 Å². The third-order valence-electron chi connectivity index (χ3n) is 3.68. The van der Waals surface area contributed by atoms with Gasteiger partial charge in [-0.05, 0) is 47.0 Å². The molecule has 2 rings (SSSR count). The quantitative estimate of drug-likeness (QED) is 0.755. The van der Waals surface area contributed by atoms with Crippen LogP contribution in [0.2, 0.25) is 0 Å². The second-order valence-electron chi connectivity index (χ2n) is 5.16. The maximum atomic E-state index is 12.9. The van der Waals surface area contributed by atoms with Gasteiger partial charge in [0.1, 0.15) is 0 Å². The number of nitrogens with zero attached hydrogens (tertiary/aromatic N) is 1. The number of hydrogen-bond donors (Lipinski definition) is 0. The Balaban J connectivity index is 2.28. The fraction of sp³-hybridized carbons (Fsp3) is 0.278. The molecule has 2 nitrogen and oxygen atoms in total. The summed E-state index contributed by atoms with van der Waals surface area (Å²) in [4.78, 5) is 14.8. The van der Waals surface area contributed by atoms with Gasteiger partial charge in [-0.3, -0.25) is 4.79 Å². The van der Waals surface area contributed by atoms with Gasteiger partial charge in [-0.1, -0.05) is 49.4 Å². The highest BCUT2D eigenvalue weighted by Crippen LogP contribution is 2.21. The molecule has 1 atom stereocenters. The van der Waals surface area contributed by atoms with Crippen molar-refractivity contribution in [3.05, 3.63) is 70.2 Å². The van der Waals surface area contributed by atoms with Crippen molar-refractivity contribution in [3.8, 4) is 0 Å². The molecule has 2 aromatic carbocycles. The molecule has 0 aliphatic rings. The number of hydrogen-bond acceptors (Lipinski definition) is 1. The van der Waals surface area contributed by atoms with Crippen LogP contribution in [0.25, 0.3) is 0 Å². The van der Waals surface area contributed by atoms with E-state index in [1.54, 1.807) is 0 Å². The second-order valence-corrected chi connectivity index (χ2v) is 6.01. The average Bonchev–Trinajstić information content (AvgIpc) is 2.53. The molecule has 0 aromatic heterocycles. The minimum absolute atomic E-state index is 0.0701. The molecule has 0 aliphatic heterocycles. The van der Waals surface area contributed by atoms with Crippen LogP contribution < -0.4 is 0 Å². The van der Waals surface area contributed by atoms with Gasteiger partial charge >= 0.3 is 0 Å². The maximum Gasteiger partial charge on any atom is 0.255 e. The van der Waals surface area contributed by atoms with Gasteiger partial charge in [-0.15, -0.1) is 0 Å². The van der Waals surface area contributed by atoms with Gasteiger partial charge in [0, 0.05) is 17.1 Å². The fourth-order valence-corrected chi connectivity index (χ4v) is 2.67. The summed E-state index contributed by atoms with van der Waals surface area (Å²) in [6.07, 6.45) is 0.934. The lowest BCUT2D eigenvalue weighted by molar-refractivity contribution is 0.0670. The molecule has 1 unspecified atom stereocenters. The maximum absolute atomic E-state index is 12.9. The molecular weight excluding hydrogens is 326 g/mol. The zero-order chi connectivity index (χ0) is 15.2. The zero-order valence-electron chi connectivity index (χ0n) is 12.4. The van der Waals surface area contributed by atoms with Crippen molar-refractivity contribution in [2.75, 3.05) is 0 Å². The third kappa shape index (κ3) is 3.94. The summed E-state index contributed by atoms with van der Waals surface area (Å²) in [5, 5.41) is 0. The van der Waals surface area contributed by atoms with Gasteiger partial charge in [0.25, 0.3) is 5.91 Å². The first kappa shape index (κ1) is 15.8. The highest BCUT2D eigenvalue weighted by Gasteiger charge is 2.22. The van der Waals surface area contributed by atoms with Crippen LogP contribution in [0.4, 0.5) is 0 Å². The molecule has 3 heteroatoms. The van der Waals surface area contributed by atoms with Crippen molar-refractivity contribution < 1.29 is 4.79 Å². The molecule has 2 aromatic rings. The molecule has 0 bridgehead atoms. The Hall–Kier alpha value is -1.61. The molecule has 1 amide bonds. The lowest BCUT2D eigenvalue weighted by atomic mass is 10.1. The number of rotatable bonds is 5. The van der Waals surface area contributed by atoms with Gasteiger partial charge in [0.05, 0.1) is 5.56 Å². The van der Waals surface area contributed by atoms with Crippen LogP contribution in [-0.4, -0.2) is 16.8 Å². The number of benzene rings is 2. The first-order chi connectivity index (χ1) is 10.1. The number of carbonyl (C=O) groups is 1. The van der Waals surface area contributed by atoms with E-state index in [2.05, 4.69) is 41.9 Å². The Morgan fingerprint density at radius 2 is 1.71 bits per heavy atom. The Bertz CT molecular complexity index is 597. The van der Waals surface area contributed by atoms with Crippen molar-refractivity contribution in [2.45, 2.75) is 32.9 Å². The summed E-state index contributed by atoms with van der Waals surface area (Å²) in [5.74, 6) is 0.0701. The summed E-state index contributed by atoms with van der Waals surface area (Å²) in [7, 11) is 0. The topological polar surface area (TPSA) is 20.3 Å². The first-order valence-electron chi connectivity index (χ1n) is 7.23. The molecule has 0 aliphatic carbocycles. The summed E-state index contributed by atoms with van der Waals surface area (Å²) >= 11 is 3.47. The molecule has 0 saturated heterocycles. The Morgan fingerprint density at radius 3 is 2.33 bits per heavy atom. The van der Waals surface area contributed by atoms with E-state index in [0.29, 0.717) is 12.1 Å². The normalized spacial score (nSPS) is 12.0. The van der Waals surface area contributed by atoms with Crippen LogP contribution in [-0.2, 0) is 6.54 Å². The molecular formula is C18H20BrNO. The lowest BCUT2D eigenvalue weighted by Crippen LogP contribution is -2.37. The van der Waals surface area contributed by atoms with E-state index in [1.807, 2.05) is 47.4 Å². The summed E-state index contributed by atoms with van der Waals surface area (Å²) in [6.45, 7) is 4.84. The van der Waals surface area contributed by atoms with E-state index in [1.165, 1.54) is 0 Å². The Morgan fingerprint density at radius 1 is 1.10 bits per heavy atom. The molecule has 0 saturated carbocycles. The molecule has 0 spiro atoms. The smallest absolute Gasteiger partial charge is 0.255 e. The zero-order valence-corrected chi connectivity index (χ0v) is 14.0. The van der Waals surface area contributed by atoms with Crippen molar-refractivity contribution in [1.82, 2.24) is 4.90 Å². The SMILES string of the molecule is CCC(C)N(Cc1ccccc1)C(=O)c1ccccc1Br. The van der Waals surface area contributed by atoms with Crippen molar-refractivity contribution in [1.29, 1.82) is 0 Å². The fourth-order valence-electron chi connectivity index (χ4n) is 2.22. The van der Waals surface area contributed by atoms with Crippen molar-refractivity contribution >= 4 is 21.8 Å². The second kappa shape index (κ2) is 7.41. The highest BCUT2D eigenvalue weighted by molar-refractivity contribution is 9.10. The number of halogens is 1. The van der Waals surface area contributed by atoms with Crippen LogP contribution in [0.15, 0.2) is 59.1 Å². The summed E-state index contributed by atoms with van der Waals surface area (Å²) < 4.78 is 0.844. The Kier molecular flexibility index (Phi) is 5.57. The van der Waals surface area contributed by atoms with E-state index in [-0.39, 0.29) is 11.9 Å². The molecule has 0 radical (unpaired) electrons. The molecule has 0 fully saturated rings. The van der Waals surface area contributed by atoms with Crippen molar-refractivity contribution in [2.24, 2.45) is 0 Å². The van der Waals surface area contributed by atoms with E-state index in [9.17, 15) is 4.79 Å². The summed E-state index contributed by atoms with van der Waals surface area (Å²) in [6, 6.07) is 17.9. The van der Waals surface area contributed by atoms with Crippen LogP contribution in [0, 0.1) is 0 Å². The van der Waals surface area contributed by atoms with Crippen LogP contribution in [0.1, 0.15) is 36.2 Å². The van der Waals surface area contributed by atoms with E-state index < -0.39 is 0 Å². The largest absolute Gasteiger partial charge is 0.332 e. The standard InChI is InChI=1S/C18H20BrNO/c1-3-14(2)20(13-15-9-5-4-6-10-15)18(21)16-11-7-8-12-17(16)19/h4-12,14H,3,13H2,1-2H3. The molecule has 21 heavy (non-hydrogen) atoms.